The van der Waals surface area contributed by atoms with Crippen LogP contribution in [0.4, 0.5) is 0 Å². The van der Waals surface area contributed by atoms with E-state index < -0.39 is 10.0 Å². The van der Waals surface area contributed by atoms with Crippen molar-refractivity contribution in [2.24, 2.45) is 5.92 Å². The van der Waals surface area contributed by atoms with Crippen LogP contribution in [-0.2, 0) is 27.0 Å². The number of rotatable bonds is 8. The van der Waals surface area contributed by atoms with Crippen molar-refractivity contribution in [1.29, 1.82) is 0 Å². The molecule has 1 N–H and O–H groups in total. The van der Waals surface area contributed by atoms with Crippen LogP contribution >= 0.6 is 11.6 Å². The molecule has 0 bridgehead atoms. The molecular weight excluding hydrogens is 420 g/mol. The first kappa shape index (κ1) is 22.8. The summed E-state index contributed by atoms with van der Waals surface area (Å²) in [5, 5.41) is 3.72. The third-order valence-electron chi connectivity index (χ3n) is 5.67. The number of hydrogen-bond donors (Lipinski definition) is 1. The van der Waals surface area contributed by atoms with E-state index in [0.29, 0.717) is 32.5 Å². The molecule has 2 aromatic carbocycles. The van der Waals surface area contributed by atoms with Gasteiger partial charge in [0.1, 0.15) is 0 Å². The fraction of sp³-hybridized carbons (Fsp3) is 0.435. The predicted molar refractivity (Wildman–Crippen MR) is 121 cm³/mol. The van der Waals surface area contributed by atoms with Gasteiger partial charge in [-0.15, -0.1) is 0 Å². The molecular formula is C23H29ClN2O3S. The summed E-state index contributed by atoms with van der Waals surface area (Å²) >= 11 is 5.89. The molecule has 0 saturated carbocycles. The number of benzene rings is 2. The summed E-state index contributed by atoms with van der Waals surface area (Å²) in [7, 11) is -3.37. The van der Waals surface area contributed by atoms with Crippen molar-refractivity contribution in [2.75, 3.05) is 19.6 Å². The van der Waals surface area contributed by atoms with Gasteiger partial charge in [-0.25, -0.2) is 12.7 Å². The van der Waals surface area contributed by atoms with Crippen molar-refractivity contribution >= 4 is 27.5 Å². The molecule has 2 aromatic rings. The zero-order valence-electron chi connectivity index (χ0n) is 17.3. The van der Waals surface area contributed by atoms with Crippen LogP contribution in [0.1, 0.15) is 36.0 Å². The maximum Gasteiger partial charge on any atom is 0.223 e. The van der Waals surface area contributed by atoms with E-state index in [9.17, 15) is 13.2 Å². The summed E-state index contributed by atoms with van der Waals surface area (Å²) in [6, 6.07) is 15.3. The van der Waals surface area contributed by atoms with E-state index in [2.05, 4.69) is 5.32 Å². The quantitative estimate of drug-likeness (QED) is 0.622. The Morgan fingerprint density at radius 1 is 1.10 bits per heavy atom. The molecule has 1 saturated heterocycles. The Balaban J connectivity index is 1.41. The second-order valence-electron chi connectivity index (χ2n) is 7.88. The number of sulfonamides is 1. The minimum atomic E-state index is -3.37. The van der Waals surface area contributed by atoms with Gasteiger partial charge in [0, 0.05) is 30.6 Å². The van der Waals surface area contributed by atoms with E-state index in [1.165, 1.54) is 9.87 Å². The van der Waals surface area contributed by atoms with Gasteiger partial charge in [-0.1, -0.05) is 48.0 Å². The van der Waals surface area contributed by atoms with Gasteiger partial charge in [-0.3, -0.25) is 4.79 Å². The van der Waals surface area contributed by atoms with Gasteiger partial charge in [0.05, 0.1) is 5.75 Å². The maximum absolute atomic E-state index is 12.8. The first-order valence-electron chi connectivity index (χ1n) is 10.4. The average molecular weight is 449 g/mol. The Kier molecular flexibility index (Phi) is 7.92. The summed E-state index contributed by atoms with van der Waals surface area (Å²) in [6.07, 6.45) is 2.87. The fourth-order valence-electron chi connectivity index (χ4n) is 3.76. The minimum absolute atomic E-state index is 0.0151. The standard InChI is InChI=1S/C23H29ClN2O3S/c1-18-5-2-3-7-21(18)17-30(28,29)26-15-12-20(13-16-26)23(27)25-14-4-6-19-8-10-22(24)11-9-19/h2-3,5,7-11,20H,4,6,12-17H2,1H3,(H,25,27). The first-order valence-corrected chi connectivity index (χ1v) is 12.4. The van der Waals surface area contributed by atoms with E-state index in [-0.39, 0.29) is 17.6 Å². The molecule has 30 heavy (non-hydrogen) atoms. The molecule has 0 unspecified atom stereocenters. The molecule has 1 fully saturated rings. The maximum atomic E-state index is 12.8. The molecule has 162 valence electrons. The molecule has 0 spiro atoms. The fourth-order valence-corrected chi connectivity index (χ4v) is 5.55. The van der Waals surface area contributed by atoms with Crippen molar-refractivity contribution in [3.05, 3.63) is 70.2 Å². The lowest BCUT2D eigenvalue weighted by atomic mass is 9.97. The second-order valence-corrected chi connectivity index (χ2v) is 10.3. The molecule has 1 amide bonds. The summed E-state index contributed by atoms with van der Waals surface area (Å²) in [5.41, 5.74) is 3.01. The van der Waals surface area contributed by atoms with Gasteiger partial charge in [0.25, 0.3) is 0 Å². The Hall–Kier alpha value is -1.89. The number of carbonyl (C=O) groups excluding carboxylic acids is 1. The number of carbonyl (C=O) groups is 1. The van der Waals surface area contributed by atoms with Crippen molar-refractivity contribution in [1.82, 2.24) is 9.62 Å². The SMILES string of the molecule is Cc1ccccc1CS(=O)(=O)N1CCC(C(=O)NCCCc2ccc(Cl)cc2)CC1. The molecule has 5 nitrogen and oxygen atoms in total. The molecule has 7 heteroatoms. The van der Waals surface area contributed by atoms with Crippen molar-refractivity contribution in [2.45, 2.75) is 38.4 Å². The van der Waals surface area contributed by atoms with Crippen molar-refractivity contribution in [3.63, 3.8) is 0 Å². The second kappa shape index (κ2) is 10.4. The molecule has 0 radical (unpaired) electrons. The lowest BCUT2D eigenvalue weighted by Crippen LogP contribution is -2.43. The zero-order chi connectivity index (χ0) is 21.6. The number of nitrogens with one attached hydrogen (secondary N) is 1. The number of hydrogen-bond acceptors (Lipinski definition) is 3. The summed E-state index contributed by atoms with van der Waals surface area (Å²) in [5.74, 6) is -0.0752. The van der Waals surface area contributed by atoms with Gasteiger partial charge in [-0.2, -0.15) is 0 Å². The van der Waals surface area contributed by atoms with Crippen LogP contribution in [-0.4, -0.2) is 38.3 Å². The van der Waals surface area contributed by atoms with Gasteiger partial charge < -0.3 is 5.32 Å². The number of amides is 1. The highest BCUT2D eigenvalue weighted by Crippen LogP contribution is 2.22. The highest BCUT2D eigenvalue weighted by molar-refractivity contribution is 7.88. The van der Waals surface area contributed by atoms with E-state index in [1.807, 2.05) is 55.5 Å². The van der Waals surface area contributed by atoms with Crippen LogP contribution in [0, 0.1) is 12.8 Å². The predicted octanol–water partition coefficient (Wildman–Crippen LogP) is 3.94. The largest absolute Gasteiger partial charge is 0.356 e. The van der Waals surface area contributed by atoms with Crippen LogP contribution < -0.4 is 5.32 Å². The zero-order valence-corrected chi connectivity index (χ0v) is 18.9. The molecule has 0 aliphatic carbocycles. The third-order valence-corrected chi connectivity index (χ3v) is 7.75. The molecule has 1 aliphatic heterocycles. The summed E-state index contributed by atoms with van der Waals surface area (Å²) < 4.78 is 27.1. The number of piperidine rings is 1. The minimum Gasteiger partial charge on any atom is -0.356 e. The molecule has 3 rings (SSSR count). The number of halogens is 1. The monoisotopic (exact) mass is 448 g/mol. The average Bonchev–Trinajstić information content (AvgIpc) is 2.74. The van der Waals surface area contributed by atoms with Crippen LogP contribution in [0.3, 0.4) is 0 Å². The molecule has 1 aliphatic rings. The Morgan fingerprint density at radius 2 is 1.77 bits per heavy atom. The van der Waals surface area contributed by atoms with Crippen LogP contribution in [0.5, 0.6) is 0 Å². The highest BCUT2D eigenvalue weighted by atomic mass is 35.5. The lowest BCUT2D eigenvalue weighted by Gasteiger charge is -2.30. The Morgan fingerprint density at radius 3 is 2.43 bits per heavy atom. The summed E-state index contributed by atoms with van der Waals surface area (Å²) in [6.45, 7) is 3.34. The molecule has 1 heterocycles. The Bertz CT molecular complexity index is 953. The van der Waals surface area contributed by atoms with Crippen LogP contribution in [0.2, 0.25) is 5.02 Å². The first-order chi connectivity index (χ1) is 14.3. The topological polar surface area (TPSA) is 66.5 Å². The van der Waals surface area contributed by atoms with Crippen molar-refractivity contribution < 1.29 is 13.2 Å². The van der Waals surface area contributed by atoms with Crippen LogP contribution in [0.15, 0.2) is 48.5 Å². The van der Waals surface area contributed by atoms with E-state index >= 15 is 0 Å². The van der Waals surface area contributed by atoms with E-state index in [0.717, 1.165) is 29.0 Å². The normalized spacial score (nSPS) is 15.8. The van der Waals surface area contributed by atoms with Gasteiger partial charge in [0.2, 0.25) is 15.9 Å². The van der Waals surface area contributed by atoms with E-state index in [1.54, 1.807) is 0 Å². The van der Waals surface area contributed by atoms with E-state index in [4.69, 9.17) is 11.6 Å². The molecule has 0 atom stereocenters. The Labute approximate surface area is 184 Å². The molecule has 0 aromatic heterocycles. The summed E-state index contributed by atoms with van der Waals surface area (Å²) in [4.78, 5) is 12.4. The third kappa shape index (κ3) is 6.30. The van der Waals surface area contributed by atoms with Crippen molar-refractivity contribution in [3.8, 4) is 0 Å². The number of aryl methyl sites for hydroxylation is 2. The van der Waals surface area contributed by atoms with Gasteiger partial charge in [0.15, 0.2) is 0 Å². The lowest BCUT2D eigenvalue weighted by molar-refractivity contribution is -0.126. The van der Waals surface area contributed by atoms with Crippen LogP contribution in [0.25, 0.3) is 0 Å². The van der Waals surface area contributed by atoms with Gasteiger partial charge in [-0.05, 0) is 61.4 Å². The van der Waals surface area contributed by atoms with Gasteiger partial charge >= 0.3 is 0 Å². The highest BCUT2D eigenvalue weighted by Gasteiger charge is 2.31. The number of nitrogens with zero attached hydrogens (tertiary/aromatic N) is 1. The smallest absolute Gasteiger partial charge is 0.223 e.